The SMILES string of the molecule is COC(=O)C[C@@H]1CCN(C2CCCNC2)C1. The third-order valence-electron chi connectivity index (χ3n) is 3.79. The van der Waals surface area contributed by atoms with E-state index < -0.39 is 0 Å². The molecule has 2 aliphatic rings. The summed E-state index contributed by atoms with van der Waals surface area (Å²) < 4.78 is 4.72. The van der Waals surface area contributed by atoms with E-state index in [9.17, 15) is 4.79 Å². The number of methoxy groups -OCH3 is 1. The predicted octanol–water partition coefficient (Wildman–Crippen LogP) is 0.623. The van der Waals surface area contributed by atoms with Crippen molar-refractivity contribution < 1.29 is 9.53 Å². The molecule has 0 aromatic rings. The molecule has 92 valence electrons. The number of likely N-dealkylation sites (tertiary alicyclic amines) is 1. The van der Waals surface area contributed by atoms with E-state index in [-0.39, 0.29) is 5.97 Å². The van der Waals surface area contributed by atoms with E-state index >= 15 is 0 Å². The molecule has 0 spiro atoms. The molecule has 2 saturated heterocycles. The molecule has 4 heteroatoms. The number of hydrogen-bond donors (Lipinski definition) is 1. The molecule has 2 rings (SSSR count). The molecule has 1 N–H and O–H groups in total. The van der Waals surface area contributed by atoms with Crippen LogP contribution in [0.4, 0.5) is 0 Å². The van der Waals surface area contributed by atoms with Crippen molar-refractivity contribution in [2.24, 2.45) is 5.92 Å². The Morgan fingerprint density at radius 3 is 3.06 bits per heavy atom. The summed E-state index contributed by atoms with van der Waals surface area (Å²) in [5, 5.41) is 3.45. The van der Waals surface area contributed by atoms with E-state index in [0.29, 0.717) is 18.4 Å². The minimum absolute atomic E-state index is 0.0615. The number of rotatable bonds is 3. The van der Waals surface area contributed by atoms with E-state index in [1.54, 1.807) is 0 Å². The lowest BCUT2D eigenvalue weighted by Gasteiger charge is -2.31. The maximum atomic E-state index is 11.2. The van der Waals surface area contributed by atoms with Crippen LogP contribution in [-0.2, 0) is 9.53 Å². The van der Waals surface area contributed by atoms with Crippen LogP contribution < -0.4 is 5.32 Å². The molecule has 0 aromatic carbocycles. The van der Waals surface area contributed by atoms with Gasteiger partial charge in [0.15, 0.2) is 0 Å². The van der Waals surface area contributed by atoms with E-state index in [0.717, 1.165) is 32.6 Å². The van der Waals surface area contributed by atoms with Crippen molar-refractivity contribution in [3.05, 3.63) is 0 Å². The van der Waals surface area contributed by atoms with Gasteiger partial charge in [-0.1, -0.05) is 0 Å². The summed E-state index contributed by atoms with van der Waals surface area (Å²) in [7, 11) is 1.47. The standard InChI is InChI=1S/C12H22N2O2/c1-16-12(15)7-10-4-6-14(9-10)11-3-2-5-13-8-11/h10-11,13H,2-9H2,1H3/t10-,11?/m0/s1. The van der Waals surface area contributed by atoms with Crippen LogP contribution in [0.3, 0.4) is 0 Å². The van der Waals surface area contributed by atoms with Crippen LogP contribution in [0.15, 0.2) is 0 Å². The van der Waals surface area contributed by atoms with Crippen molar-refractivity contribution in [1.82, 2.24) is 10.2 Å². The smallest absolute Gasteiger partial charge is 0.305 e. The zero-order chi connectivity index (χ0) is 11.4. The maximum absolute atomic E-state index is 11.2. The Balaban J connectivity index is 1.76. The van der Waals surface area contributed by atoms with Crippen molar-refractivity contribution in [2.75, 3.05) is 33.3 Å². The predicted molar refractivity (Wildman–Crippen MR) is 62.2 cm³/mol. The van der Waals surface area contributed by atoms with E-state index in [4.69, 9.17) is 4.74 Å². The molecule has 0 radical (unpaired) electrons. The first-order chi connectivity index (χ1) is 7.79. The summed E-state index contributed by atoms with van der Waals surface area (Å²) >= 11 is 0. The van der Waals surface area contributed by atoms with Gasteiger partial charge in [0.1, 0.15) is 0 Å². The van der Waals surface area contributed by atoms with Crippen molar-refractivity contribution in [3.63, 3.8) is 0 Å². The van der Waals surface area contributed by atoms with Crippen molar-refractivity contribution in [1.29, 1.82) is 0 Å². The molecule has 0 aromatic heterocycles. The molecule has 2 aliphatic heterocycles. The summed E-state index contributed by atoms with van der Waals surface area (Å²) in [6, 6.07) is 0.691. The number of carbonyl (C=O) groups excluding carboxylic acids is 1. The van der Waals surface area contributed by atoms with Crippen molar-refractivity contribution in [2.45, 2.75) is 31.7 Å². The number of carbonyl (C=O) groups is 1. The summed E-state index contributed by atoms with van der Waals surface area (Å²) in [4.78, 5) is 13.7. The molecule has 4 nitrogen and oxygen atoms in total. The largest absolute Gasteiger partial charge is 0.469 e. The molecular formula is C12H22N2O2. The van der Waals surface area contributed by atoms with Crippen LogP contribution in [0.5, 0.6) is 0 Å². The Bertz CT molecular complexity index is 239. The highest BCUT2D eigenvalue weighted by Crippen LogP contribution is 2.24. The number of piperidine rings is 1. The molecule has 16 heavy (non-hydrogen) atoms. The molecule has 0 aliphatic carbocycles. The minimum atomic E-state index is -0.0615. The molecule has 1 unspecified atom stereocenters. The molecule has 2 heterocycles. The molecule has 0 bridgehead atoms. The van der Waals surface area contributed by atoms with Crippen LogP contribution in [0, 0.1) is 5.92 Å². The van der Waals surface area contributed by atoms with Gasteiger partial charge in [0.2, 0.25) is 0 Å². The summed E-state index contributed by atoms with van der Waals surface area (Å²) in [6.07, 6.45) is 4.32. The number of nitrogens with one attached hydrogen (secondary N) is 1. The maximum Gasteiger partial charge on any atom is 0.305 e. The minimum Gasteiger partial charge on any atom is -0.469 e. The normalized spacial score (nSPS) is 31.6. The lowest BCUT2D eigenvalue weighted by Crippen LogP contribution is -2.44. The van der Waals surface area contributed by atoms with Gasteiger partial charge in [-0.15, -0.1) is 0 Å². The Labute approximate surface area is 97.3 Å². The molecular weight excluding hydrogens is 204 g/mol. The Morgan fingerprint density at radius 1 is 1.50 bits per heavy atom. The number of nitrogens with zero attached hydrogens (tertiary/aromatic N) is 1. The van der Waals surface area contributed by atoms with Gasteiger partial charge in [0.05, 0.1) is 7.11 Å². The lowest BCUT2D eigenvalue weighted by atomic mass is 10.0. The average Bonchev–Trinajstić information content (AvgIpc) is 2.78. The van der Waals surface area contributed by atoms with E-state index in [1.165, 1.54) is 20.0 Å². The van der Waals surface area contributed by atoms with Crippen LogP contribution in [-0.4, -0.2) is 50.2 Å². The third-order valence-corrected chi connectivity index (χ3v) is 3.79. The van der Waals surface area contributed by atoms with Crippen molar-refractivity contribution in [3.8, 4) is 0 Å². The zero-order valence-corrected chi connectivity index (χ0v) is 10.1. The van der Waals surface area contributed by atoms with Gasteiger partial charge in [-0.3, -0.25) is 9.69 Å². The first-order valence-corrected chi connectivity index (χ1v) is 6.31. The fourth-order valence-electron chi connectivity index (χ4n) is 2.83. The van der Waals surface area contributed by atoms with Gasteiger partial charge in [-0.25, -0.2) is 0 Å². The average molecular weight is 226 g/mol. The second kappa shape index (κ2) is 5.64. The third kappa shape index (κ3) is 2.95. The molecule has 0 saturated carbocycles. The van der Waals surface area contributed by atoms with Gasteiger partial charge >= 0.3 is 5.97 Å². The summed E-state index contributed by atoms with van der Waals surface area (Å²) in [5.74, 6) is 0.447. The first-order valence-electron chi connectivity index (χ1n) is 6.31. The Morgan fingerprint density at radius 2 is 2.38 bits per heavy atom. The topological polar surface area (TPSA) is 41.6 Å². The lowest BCUT2D eigenvalue weighted by molar-refractivity contribution is -0.141. The van der Waals surface area contributed by atoms with Crippen LogP contribution in [0.2, 0.25) is 0 Å². The highest BCUT2D eigenvalue weighted by molar-refractivity contribution is 5.69. The van der Waals surface area contributed by atoms with Gasteiger partial charge in [0.25, 0.3) is 0 Å². The summed E-state index contributed by atoms with van der Waals surface area (Å²) in [5.41, 5.74) is 0. The van der Waals surface area contributed by atoms with Crippen LogP contribution in [0.25, 0.3) is 0 Å². The number of ether oxygens (including phenoxy) is 1. The van der Waals surface area contributed by atoms with Crippen LogP contribution >= 0.6 is 0 Å². The monoisotopic (exact) mass is 226 g/mol. The highest BCUT2D eigenvalue weighted by atomic mass is 16.5. The van der Waals surface area contributed by atoms with Crippen LogP contribution in [0.1, 0.15) is 25.7 Å². The Kier molecular flexibility index (Phi) is 4.18. The number of esters is 1. The second-order valence-electron chi connectivity index (χ2n) is 4.93. The quantitative estimate of drug-likeness (QED) is 0.716. The Hall–Kier alpha value is -0.610. The van der Waals surface area contributed by atoms with Gasteiger partial charge in [0, 0.05) is 25.6 Å². The van der Waals surface area contributed by atoms with Crippen molar-refractivity contribution >= 4 is 5.97 Å². The van der Waals surface area contributed by atoms with Gasteiger partial charge in [-0.05, 0) is 38.3 Å². The summed E-state index contributed by atoms with van der Waals surface area (Å²) in [6.45, 7) is 4.50. The molecule has 0 amide bonds. The van der Waals surface area contributed by atoms with Gasteiger partial charge < -0.3 is 10.1 Å². The number of hydrogen-bond acceptors (Lipinski definition) is 4. The molecule has 2 atom stereocenters. The molecule has 2 fully saturated rings. The van der Waals surface area contributed by atoms with Gasteiger partial charge in [-0.2, -0.15) is 0 Å². The zero-order valence-electron chi connectivity index (χ0n) is 10.1. The fourth-order valence-corrected chi connectivity index (χ4v) is 2.83. The van der Waals surface area contributed by atoms with E-state index in [1.807, 2.05) is 0 Å². The first kappa shape index (κ1) is 11.9. The highest BCUT2D eigenvalue weighted by Gasteiger charge is 2.30. The van der Waals surface area contributed by atoms with E-state index in [2.05, 4.69) is 10.2 Å². The second-order valence-corrected chi connectivity index (χ2v) is 4.93. The fraction of sp³-hybridized carbons (Fsp3) is 0.917.